The molecule has 0 saturated carbocycles. The maximum atomic E-state index is 12.7. The zero-order valence-corrected chi connectivity index (χ0v) is 15.6. The predicted octanol–water partition coefficient (Wildman–Crippen LogP) is 6.35. The zero-order valence-electron chi connectivity index (χ0n) is 14.0. The van der Waals surface area contributed by atoms with Gasteiger partial charge in [-0.2, -0.15) is 0 Å². The second-order valence-corrected chi connectivity index (χ2v) is 7.67. The molecular formula is C21H20Cl2O2. The van der Waals surface area contributed by atoms with Crippen LogP contribution in [0.4, 0.5) is 0 Å². The van der Waals surface area contributed by atoms with E-state index in [-0.39, 0.29) is 18.0 Å². The maximum Gasteiger partial charge on any atom is 0.312 e. The number of carbonyl (C=O) groups is 1. The number of allylic oxidation sites excluding steroid dienone is 1. The first-order valence-electron chi connectivity index (χ1n) is 8.26. The summed E-state index contributed by atoms with van der Waals surface area (Å²) in [5.74, 6) is -0.173. The minimum Gasteiger partial charge on any atom is -0.456 e. The van der Waals surface area contributed by atoms with Gasteiger partial charge in [-0.3, -0.25) is 4.79 Å². The quantitative estimate of drug-likeness (QED) is 0.460. The highest BCUT2D eigenvalue weighted by Crippen LogP contribution is 2.49. The lowest BCUT2D eigenvalue weighted by Gasteiger charge is -2.41. The molecule has 0 spiro atoms. The van der Waals surface area contributed by atoms with Crippen molar-refractivity contribution < 1.29 is 9.53 Å². The summed E-state index contributed by atoms with van der Waals surface area (Å²) in [6.07, 6.45) is 2.67. The first-order valence-corrected chi connectivity index (χ1v) is 9.01. The van der Waals surface area contributed by atoms with E-state index < -0.39 is 5.41 Å². The molecule has 0 radical (unpaired) electrons. The molecule has 130 valence electrons. The molecule has 1 aliphatic heterocycles. The van der Waals surface area contributed by atoms with Crippen molar-refractivity contribution in [2.24, 2.45) is 5.41 Å². The van der Waals surface area contributed by atoms with Gasteiger partial charge in [-0.25, -0.2) is 0 Å². The fourth-order valence-electron chi connectivity index (χ4n) is 3.48. The summed E-state index contributed by atoms with van der Waals surface area (Å²) in [5.41, 5.74) is 1.41. The molecule has 1 heterocycles. The number of hydrogen-bond acceptors (Lipinski definition) is 2. The van der Waals surface area contributed by atoms with Gasteiger partial charge in [0.05, 0.1) is 5.41 Å². The number of rotatable bonds is 4. The molecule has 2 aromatic carbocycles. The molecule has 0 amide bonds. The van der Waals surface area contributed by atoms with Crippen molar-refractivity contribution in [1.29, 1.82) is 0 Å². The minimum atomic E-state index is -0.586. The Hall–Kier alpha value is -1.77. The number of halogens is 2. The normalized spacial score (nSPS) is 26.1. The summed E-state index contributed by atoms with van der Waals surface area (Å²) in [7, 11) is 0. The second kappa shape index (κ2) is 7.23. The fraction of sp³-hybridized carbons (Fsp3) is 0.286. The predicted molar refractivity (Wildman–Crippen MR) is 102 cm³/mol. The van der Waals surface area contributed by atoms with Gasteiger partial charge < -0.3 is 4.74 Å². The number of esters is 1. The van der Waals surface area contributed by atoms with E-state index in [1.165, 1.54) is 0 Å². The Bertz CT molecular complexity index is 785. The van der Waals surface area contributed by atoms with Crippen LogP contribution < -0.4 is 0 Å². The summed E-state index contributed by atoms with van der Waals surface area (Å²) in [4.78, 5) is 12.7. The van der Waals surface area contributed by atoms with E-state index in [0.29, 0.717) is 22.9 Å². The van der Waals surface area contributed by atoms with Crippen molar-refractivity contribution in [3.8, 4) is 0 Å². The van der Waals surface area contributed by atoms with Gasteiger partial charge in [-0.05, 0) is 55.2 Å². The van der Waals surface area contributed by atoms with Crippen LogP contribution in [0.3, 0.4) is 0 Å². The largest absolute Gasteiger partial charge is 0.456 e. The molecule has 3 unspecified atom stereocenters. The standard InChI is InChI=1S/C21H20Cl2O2/c1-3-11-21(2)13-18(15-5-4-6-17(23)12-15)19(25-20(21)24)14-7-9-16(22)10-8-14/h3-10,12,18-19H,1,11,13H2,2H3. The highest BCUT2D eigenvalue weighted by molar-refractivity contribution is 6.30. The molecule has 3 atom stereocenters. The molecule has 2 nitrogen and oxygen atoms in total. The maximum absolute atomic E-state index is 12.7. The summed E-state index contributed by atoms with van der Waals surface area (Å²) in [6.45, 7) is 5.73. The van der Waals surface area contributed by atoms with Crippen LogP contribution >= 0.6 is 23.2 Å². The first kappa shape index (κ1) is 18.0. The van der Waals surface area contributed by atoms with Crippen LogP contribution in [0.5, 0.6) is 0 Å². The zero-order chi connectivity index (χ0) is 18.0. The van der Waals surface area contributed by atoms with Crippen LogP contribution in [-0.4, -0.2) is 5.97 Å². The molecule has 3 rings (SSSR count). The average Bonchev–Trinajstić information content (AvgIpc) is 2.58. The summed E-state index contributed by atoms with van der Waals surface area (Å²) < 4.78 is 5.91. The Morgan fingerprint density at radius 2 is 1.88 bits per heavy atom. The van der Waals surface area contributed by atoms with Crippen molar-refractivity contribution in [2.75, 3.05) is 0 Å². The Labute approximate surface area is 158 Å². The lowest BCUT2D eigenvalue weighted by atomic mass is 9.71. The molecule has 2 aromatic rings. The molecule has 0 bridgehead atoms. The Balaban J connectivity index is 2.03. The topological polar surface area (TPSA) is 26.3 Å². The smallest absolute Gasteiger partial charge is 0.312 e. The highest BCUT2D eigenvalue weighted by Gasteiger charge is 2.46. The Morgan fingerprint density at radius 1 is 1.16 bits per heavy atom. The van der Waals surface area contributed by atoms with Crippen molar-refractivity contribution in [3.05, 3.63) is 82.4 Å². The van der Waals surface area contributed by atoms with E-state index in [2.05, 4.69) is 6.58 Å². The molecule has 25 heavy (non-hydrogen) atoms. The van der Waals surface area contributed by atoms with Gasteiger partial charge in [0.25, 0.3) is 0 Å². The van der Waals surface area contributed by atoms with Crippen molar-refractivity contribution >= 4 is 29.2 Å². The monoisotopic (exact) mass is 374 g/mol. The third kappa shape index (κ3) is 3.75. The van der Waals surface area contributed by atoms with Crippen LogP contribution in [0.15, 0.2) is 61.2 Å². The van der Waals surface area contributed by atoms with Crippen LogP contribution in [-0.2, 0) is 9.53 Å². The summed E-state index contributed by atoms with van der Waals surface area (Å²) >= 11 is 12.2. The molecule has 1 aliphatic rings. The number of carbonyl (C=O) groups excluding carboxylic acids is 1. The van der Waals surface area contributed by atoms with E-state index in [0.717, 1.165) is 11.1 Å². The third-order valence-corrected chi connectivity index (χ3v) is 5.32. The summed E-state index contributed by atoms with van der Waals surface area (Å²) in [6, 6.07) is 15.2. The third-order valence-electron chi connectivity index (χ3n) is 4.83. The second-order valence-electron chi connectivity index (χ2n) is 6.80. The molecule has 1 fully saturated rings. The molecule has 0 aromatic heterocycles. The van der Waals surface area contributed by atoms with Gasteiger partial charge >= 0.3 is 5.97 Å². The molecule has 4 heteroatoms. The summed E-state index contributed by atoms with van der Waals surface area (Å²) in [5, 5.41) is 1.33. The van der Waals surface area contributed by atoms with Gasteiger partial charge in [0.2, 0.25) is 0 Å². The molecular weight excluding hydrogens is 355 g/mol. The van der Waals surface area contributed by atoms with Crippen molar-refractivity contribution in [2.45, 2.75) is 31.8 Å². The fourth-order valence-corrected chi connectivity index (χ4v) is 3.81. The van der Waals surface area contributed by atoms with E-state index in [1.54, 1.807) is 6.08 Å². The van der Waals surface area contributed by atoms with Gasteiger partial charge in [-0.1, -0.05) is 53.5 Å². The number of cyclic esters (lactones) is 1. The van der Waals surface area contributed by atoms with E-state index in [1.807, 2.05) is 55.5 Å². The van der Waals surface area contributed by atoms with Gasteiger partial charge in [0.1, 0.15) is 6.10 Å². The lowest BCUT2D eigenvalue weighted by Crippen LogP contribution is -2.39. The lowest BCUT2D eigenvalue weighted by molar-refractivity contribution is -0.171. The van der Waals surface area contributed by atoms with E-state index >= 15 is 0 Å². The van der Waals surface area contributed by atoms with Crippen molar-refractivity contribution in [1.82, 2.24) is 0 Å². The number of benzene rings is 2. The van der Waals surface area contributed by atoms with Crippen molar-refractivity contribution in [3.63, 3.8) is 0 Å². The van der Waals surface area contributed by atoms with E-state index in [4.69, 9.17) is 27.9 Å². The van der Waals surface area contributed by atoms with Gasteiger partial charge in [-0.15, -0.1) is 6.58 Å². The SMILES string of the molecule is C=CCC1(C)CC(c2cccc(Cl)c2)C(c2ccc(Cl)cc2)OC1=O. The molecule has 1 saturated heterocycles. The first-order chi connectivity index (χ1) is 11.9. The van der Waals surface area contributed by atoms with Gasteiger partial charge in [0.15, 0.2) is 0 Å². The minimum absolute atomic E-state index is 0.0162. The van der Waals surface area contributed by atoms with E-state index in [9.17, 15) is 4.79 Å². The van der Waals surface area contributed by atoms with Gasteiger partial charge in [0, 0.05) is 16.0 Å². The van der Waals surface area contributed by atoms with Crippen LogP contribution in [0.2, 0.25) is 10.0 Å². The Morgan fingerprint density at radius 3 is 2.52 bits per heavy atom. The molecule has 0 aliphatic carbocycles. The van der Waals surface area contributed by atoms with Crippen LogP contribution in [0, 0.1) is 5.41 Å². The average molecular weight is 375 g/mol. The van der Waals surface area contributed by atoms with Crippen LogP contribution in [0.1, 0.15) is 42.9 Å². The highest BCUT2D eigenvalue weighted by atomic mass is 35.5. The number of hydrogen-bond donors (Lipinski definition) is 0. The Kier molecular flexibility index (Phi) is 5.21. The number of ether oxygens (including phenoxy) is 1. The molecule has 0 N–H and O–H groups in total. The van der Waals surface area contributed by atoms with Crippen LogP contribution in [0.25, 0.3) is 0 Å².